The molecule has 102 valence electrons. The first kappa shape index (κ1) is 15.4. The Labute approximate surface area is 117 Å². The van der Waals surface area contributed by atoms with E-state index < -0.39 is 9.84 Å². The van der Waals surface area contributed by atoms with Gasteiger partial charge in [0, 0.05) is 31.4 Å². The van der Waals surface area contributed by atoms with Crippen LogP contribution in [0.2, 0.25) is 0 Å². The van der Waals surface area contributed by atoms with E-state index in [1.807, 2.05) is 11.9 Å². The second-order valence-electron chi connectivity index (χ2n) is 4.27. The molecule has 0 spiro atoms. The van der Waals surface area contributed by atoms with E-state index in [4.69, 9.17) is 0 Å². The van der Waals surface area contributed by atoms with Gasteiger partial charge in [0.05, 0.1) is 0 Å². The van der Waals surface area contributed by atoms with Crippen LogP contribution < -0.4 is 4.90 Å². The highest BCUT2D eigenvalue weighted by Crippen LogP contribution is 2.21. The lowest BCUT2D eigenvalue weighted by molar-refractivity contribution is 0.600. The fourth-order valence-corrected chi connectivity index (χ4v) is 2.95. The van der Waals surface area contributed by atoms with Crippen molar-refractivity contribution in [3.8, 4) is 0 Å². The monoisotopic (exact) mass is 334 g/mol. The lowest BCUT2D eigenvalue weighted by atomic mass is 10.2. The Morgan fingerprint density at radius 2 is 2.06 bits per heavy atom. The van der Waals surface area contributed by atoms with Crippen LogP contribution in [-0.2, 0) is 9.84 Å². The van der Waals surface area contributed by atoms with Gasteiger partial charge < -0.3 is 4.90 Å². The maximum atomic E-state index is 11.7. The van der Waals surface area contributed by atoms with Gasteiger partial charge in [0.15, 0.2) is 9.84 Å². The minimum atomic E-state index is -3.23. The van der Waals surface area contributed by atoms with Gasteiger partial charge in [-0.2, -0.15) is 0 Å². The van der Waals surface area contributed by atoms with E-state index in [2.05, 4.69) is 20.9 Å². The zero-order valence-corrected chi connectivity index (χ0v) is 13.2. The number of nitrogens with zero attached hydrogens (tertiary/aromatic N) is 2. The molecular weight excluding hydrogens is 316 g/mol. The van der Waals surface area contributed by atoms with Gasteiger partial charge in [-0.15, -0.1) is 0 Å². The molecule has 0 saturated heterocycles. The minimum Gasteiger partial charge on any atom is -0.359 e. The van der Waals surface area contributed by atoms with Crippen molar-refractivity contribution >= 4 is 31.6 Å². The number of unbranched alkanes of at least 4 members (excludes halogenated alkanes) is 2. The first-order chi connectivity index (χ1) is 8.46. The highest BCUT2D eigenvalue weighted by molar-refractivity contribution is 9.09. The van der Waals surface area contributed by atoms with E-state index in [1.54, 1.807) is 18.3 Å². The van der Waals surface area contributed by atoms with Crippen molar-refractivity contribution in [2.45, 2.75) is 24.2 Å². The summed E-state index contributed by atoms with van der Waals surface area (Å²) in [6.45, 7) is 0.812. The fourth-order valence-electron chi connectivity index (χ4n) is 1.68. The molecule has 0 atom stereocenters. The Morgan fingerprint density at radius 1 is 1.33 bits per heavy atom. The molecule has 0 radical (unpaired) electrons. The van der Waals surface area contributed by atoms with Crippen LogP contribution in [0.3, 0.4) is 0 Å². The first-order valence-corrected chi connectivity index (χ1v) is 8.90. The molecule has 4 nitrogen and oxygen atoms in total. The number of anilines is 1. The summed E-state index contributed by atoms with van der Waals surface area (Å²) in [5, 5.41) is 1.01. The average Bonchev–Trinajstić information content (AvgIpc) is 2.33. The van der Waals surface area contributed by atoms with Crippen LogP contribution in [0, 0.1) is 0 Å². The predicted octanol–water partition coefficient (Wildman–Crippen LogP) is 2.49. The fraction of sp³-hybridized carbons (Fsp3) is 0.583. The molecule has 0 amide bonds. The molecule has 0 aliphatic carbocycles. The van der Waals surface area contributed by atoms with E-state index in [0.717, 1.165) is 31.1 Å². The van der Waals surface area contributed by atoms with Gasteiger partial charge in [-0.1, -0.05) is 22.4 Å². The minimum absolute atomic E-state index is 0.299. The molecule has 0 saturated carbocycles. The normalized spacial score (nSPS) is 11.5. The summed E-state index contributed by atoms with van der Waals surface area (Å²) in [7, 11) is -1.35. The third kappa shape index (κ3) is 4.57. The third-order valence-corrected chi connectivity index (χ3v) is 4.32. The van der Waals surface area contributed by atoms with Gasteiger partial charge in [0.1, 0.15) is 10.7 Å². The van der Waals surface area contributed by atoms with Gasteiger partial charge in [0.25, 0.3) is 0 Å². The predicted molar refractivity (Wildman–Crippen MR) is 78.3 cm³/mol. The smallest absolute Gasteiger partial charge is 0.179 e. The molecule has 0 fully saturated rings. The van der Waals surface area contributed by atoms with Gasteiger partial charge in [0.2, 0.25) is 0 Å². The Hall–Kier alpha value is -0.620. The molecule has 1 heterocycles. The highest BCUT2D eigenvalue weighted by Gasteiger charge is 2.16. The van der Waals surface area contributed by atoms with Crippen LogP contribution in [0.15, 0.2) is 23.2 Å². The van der Waals surface area contributed by atoms with Crippen LogP contribution in [0.1, 0.15) is 19.3 Å². The number of rotatable bonds is 7. The van der Waals surface area contributed by atoms with Crippen molar-refractivity contribution in [1.82, 2.24) is 4.98 Å². The summed E-state index contributed by atoms with van der Waals surface area (Å²) in [4.78, 5) is 6.39. The first-order valence-electron chi connectivity index (χ1n) is 5.89. The maximum absolute atomic E-state index is 11.7. The van der Waals surface area contributed by atoms with E-state index >= 15 is 0 Å². The van der Waals surface area contributed by atoms with E-state index in [1.165, 1.54) is 6.26 Å². The number of aromatic nitrogens is 1. The van der Waals surface area contributed by atoms with E-state index in [0.29, 0.717) is 10.7 Å². The van der Waals surface area contributed by atoms with Crippen molar-refractivity contribution in [3.05, 3.63) is 18.3 Å². The molecule has 1 aromatic heterocycles. The number of hydrogen-bond acceptors (Lipinski definition) is 4. The molecule has 0 N–H and O–H groups in total. The number of sulfone groups is 1. The zero-order chi connectivity index (χ0) is 13.6. The number of halogens is 1. The van der Waals surface area contributed by atoms with Crippen LogP contribution in [0.25, 0.3) is 0 Å². The molecule has 1 aromatic rings. The molecule has 6 heteroatoms. The van der Waals surface area contributed by atoms with Gasteiger partial charge in [-0.3, -0.25) is 0 Å². The third-order valence-electron chi connectivity index (χ3n) is 2.64. The summed E-state index contributed by atoms with van der Waals surface area (Å²) in [6, 6.07) is 3.26. The molecule has 0 bridgehead atoms. The molecule has 0 aromatic carbocycles. The Morgan fingerprint density at radius 3 is 2.67 bits per heavy atom. The summed E-state index contributed by atoms with van der Waals surface area (Å²) in [5.74, 6) is 0.541. The summed E-state index contributed by atoms with van der Waals surface area (Å²) in [6.07, 6.45) is 6.12. The Balaban J connectivity index is 2.77. The van der Waals surface area contributed by atoms with Crippen molar-refractivity contribution in [1.29, 1.82) is 0 Å². The van der Waals surface area contributed by atoms with Gasteiger partial charge in [-0.25, -0.2) is 13.4 Å². The lowest BCUT2D eigenvalue weighted by Crippen LogP contribution is -2.22. The largest absolute Gasteiger partial charge is 0.359 e. The average molecular weight is 335 g/mol. The summed E-state index contributed by atoms with van der Waals surface area (Å²) >= 11 is 3.39. The standard InChI is InChI=1S/C12H19BrN2O2S/c1-15(10-5-3-4-8-13)12-11(18(2,16)17)7-6-9-14-12/h6-7,9H,3-5,8,10H2,1-2H3. The van der Waals surface area contributed by atoms with Crippen LogP contribution in [0.5, 0.6) is 0 Å². The Kier molecular flexibility index (Phi) is 6.08. The lowest BCUT2D eigenvalue weighted by Gasteiger charge is -2.20. The maximum Gasteiger partial charge on any atom is 0.179 e. The van der Waals surface area contributed by atoms with Crippen molar-refractivity contribution < 1.29 is 8.42 Å². The number of hydrogen-bond donors (Lipinski definition) is 0. The second kappa shape index (κ2) is 7.09. The van der Waals surface area contributed by atoms with Crippen molar-refractivity contribution in [3.63, 3.8) is 0 Å². The molecule has 1 rings (SSSR count). The van der Waals surface area contributed by atoms with Crippen molar-refractivity contribution in [2.24, 2.45) is 0 Å². The summed E-state index contributed by atoms with van der Waals surface area (Å²) < 4.78 is 23.3. The van der Waals surface area contributed by atoms with Gasteiger partial charge >= 0.3 is 0 Å². The van der Waals surface area contributed by atoms with E-state index in [-0.39, 0.29) is 0 Å². The molecule has 0 aliphatic heterocycles. The SMILES string of the molecule is CN(CCCCCBr)c1ncccc1S(C)(=O)=O. The number of pyridine rings is 1. The molecule has 18 heavy (non-hydrogen) atoms. The van der Waals surface area contributed by atoms with Crippen molar-refractivity contribution in [2.75, 3.05) is 30.1 Å². The van der Waals surface area contributed by atoms with Gasteiger partial charge in [-0.05, 0) is 25.0 Å². The second-order valence-corrected chi connectivity index (χ2v) is 7.05. The Bertz CT molecular complexity index is 477. The summed E-state index contributed by atoms with van der Waals surface area (Å²) in [5.41, 5.74) is 0. The zero-order valence-electron chi connectivity index (χ0n) is 10.8. The van der Waals surface area contributed by atoms with Crippen LogP contribution >= 0.6 is 15.9 Å². The quantitative estimate of drug-likeness (QED) is 0.567. The molecule has 0 unspecified atom stereocenters. The van der Waals surface area contributed by atoms with Crippen LogP contribution in [0.4, 0.5) is 5.82 Å². The molecule has 0 aliphatic rings. The van der Waals surface area contributed by atoms with Crippen LogP contribution in [-0.4, -0.2) is 38.6 Å². The highest BCUT2D eigenvalue weighted by atomic mass is 79.9. The van der Waals surface area contributed by atoms with E-state index in [9.17, 15) is 8.42 Å². The topological polar surface area (TPSA) is 50.3 Å². The molecular formula is C12H19BrN2O2S. The number of alkyl halides is 1.